The lowest BCUT2D eigenvalue weighted by atomic mass is 9.98. The van der Waals surface area contributed by atoms with Crippen LogP contribution in [0.1, 0.15) is 43.7 Å². The van der Waals surface area contributed by atoms with E-state index in [0.29, 0.717) is 13.0 Å². The fourth-order valence-corrected chi connectivity index (χ4v) is 4.40. The summed E-state index contributed by atoms with van der Waals surface area (Å²) in [4.78, 5) is 39.1. The van der Waals surface area contributed by atoms with E-state index in [1.807, 2.05) is 69.2 Å². The number of nitrogens with one attached hydrogen (secondary N) is 2. The van der Waals surface area contributed by atoms with Gasteiger partial charge in [0.05, 0.1) is 0 Å². The molecule has 3 rings (SSSR count). The molecule has 2 unspecified atom stereocenters. The second kappa shape index (κ2) is 11.8. The predicted octanol–water partition coefficient (Wildman–Crippen LogP) is 3.46. The van der Waals surface area contributed by atoms with E-state index < -0.39 is 30.1 Å². The number of hydrogen-bond acceptors (Lipinski definition) is 5. The maximum atomic E-state index is 12.9. The third kappa shape index (κ3) is 6.82. The van der Waals surface area contributed by atoms with Crippen LogP contribution in [0.4, 0.5) is 4.79 Å². The first-order chi connectivity index (χ1) is 16.7. The lowest BCUT2D eigenvalue weighted by molar-refractivity contribution is -0.142. The molecule has 8 nitrogen and oxygen atoms in total. The molecule has 0 bridgehead atoms. The zero-order chi connectivity index (χ0) is 25.5. The molecule has 8 heteroatoms. The van der Waals surface area contributed by atoms with Crippen LogP contribution < -0.4 is 10.6 Å². The van der Waals surface area contributed by atoms with Crippen LogP contribution in [0.3, 0.4) is 0 Å². The van der Waals surface area contributed by atoms with Crippen LogP contribution in [-0.2, 0) is 14.3 Å². The largest absolute Gasteiger partial charge is 0.480 e. The zero-order valence-electron chi connectivity index (χ0n) is 20.8. The highest BCUT2D eigenvalue weighted by Crippen LogP contribution is 2.44. The Balaban J connectivity index is 1.65. The van der Waals surface area contributed by atoms with Crippen molar-refractivity contribution in [2.75, 3.05) is 27.2 Å². The maximum absolute atomic E-state index is 12.9. The minimum atomic E-state index is -1.11. The molecule has 1 aliphatic rings. The van der Waals surface area contributed by atoms with Gasteiger partial charge in [-0.3, -0.25) is 4.79 Å². The second-order valence-electron chi connectivity index (χ2n) is 9.64. The van der Waals surface area contributed by atoms with E-state index >= 15 is 0 Å². The number of aliphatic carboxylic acids is 1. The second-order valence-corrected chi connectivity index (χ2v) is 9.64. The summed E-state index contributed by atoms with van der Waals surface area (Å²) in [6, 6.07) is 14.2. The molecule has 2 aromatic rings. The molecule has 2 atom stereocenters. The van der Waals surface area contributed by atoms with Crippen molar-refractivity contribution in [1.29, 1.82) is 0 Å². The zero-order valence-corrected chi connectivity index (χ0v) is 20.8. The van der Waals surface area contributed by atoms with Crippen LogP contribution in [0.15, 0.2) is 48.5 Å². The van der Waals surface area contributed by atoms with Gasteiger partial charge in [0.1, 0.15) is 18.7 Å². The van der Waals surface area contributed by atoms with Crippen molar-refractivity contribution >= 4 is 18.0 Å². The number of carbonyl (C=O) groups excluding carboxylic acids is 2. The maximum Gasteiger partial charge on any atom is 0.407 e. The molecule has 2 amide bonds. The van der Waals surface area contributed by atoms with E-state index in [1.165, 1.54) is 0 Å². The van der Waals surface area contributed by atoms with Crippen LogP contribution in [0.25, 0.3) is 11.1 Å². The van der Waals surface area contributed by atoms with Crippen molar-refractivity contribution in [3.63, 3.8) is 0 Å². The van der Waals surface area contributed by atoms with Gasteiger partial charge >= 0.3 is 12.1 Å². The summed E-state index contributed by atoms with van der Waals surface area (Å²) < 4.78 is 5.58. The molecule has 0 saturated carbocycles. The van der Waals surface area contributed by atoms with E-state index in [9.17, 15) is 19.5 Å². The Morgan fingerprint density at radius 3 is 2.03 bits per heavy atom. The van der Waals surface area contributed by atoms with Gasteiger partial charge in [-0.05, 0) is 55.1 Å². The van der Waals surface area contributed by atoms with Crippen LogP contribution in [-0.4, -0.2) is 67.3 Å². The SMILES string of the molecule is CC(C)CC(NC(=O)OCC1c2ccccc2-c2ccccc21)C(=O)NC(CCN(C)C)C(=O)O. The first kappa shape index (κ1) is 26.2. The molecule has 0 spiro atoms. The van der Waals surface area contributed by atoms with Crippen molar-refractivity contribution in [2.24, 2.45) is 5.92 Å². The normalized spacial score (nSPS) is 14.2. The number of carbonyl (C=O) groups is 3. The number of benzene rings is 2. The summed E-state index contributed by atoms with van der Waals surface area (Å²) in [6.45, 7) is 4.50. The Morgan fingerprint density at radius 1 is 0.943 bits per heavy atom. The number of fused-ring (bicyclic) bond motifs is 3. The molecule has 1 aliphatic carbocycles. The smallest absolute Gasteiger partial charge is 0.407 e. The Hall–Kier alpha value is -3.39. The van der Waals surface area contributed by atoms with Crippen LogP contribution in [0.2, 0.25) is 0 Å². The van der Waals surface area contributed by atoms with Crippen molar-refractivity contribution in [3.05, 3.63) is 59.7 Å². The minimum Gasteiger partial charge on any atom is -0.480 e. The predicted molar refractivity (Wildman–Crippen MR) is 134 cm³/mol. The van der Waals surface area contributed by atoms with Crippen molar-refractivity contribution in [2.45, 2.75) is 44.7 Å². The van der Waals surface area contributed by atoms with E-state index in [-0.39, 0.29) is 24.9 Å². The molecular formula is C27H35N3O5. The van der Waals surface area contributed by atoms with Gasteiger partial charge in [0, 0.05) is 12.5 Å². The number of alkyl carbamates (subject to hydrolysis) is 1. The molecule has 188 valence electrons. The topological polar surface area (TPSA) is 108 Å². The van der Waals surface area contributed by atoms with E-state index in [4.69, 9.17) is 4.74 Å². The Morgan fingerprint density at radius 2 is 1.51 bits per heavy atom. The Kier molecular flexibility index (Phi) is 8.87. The van der Waals surface area contributed by atoms with Gasteiger partial charge < -0.3 is 25.4 Å². The molecule has 0 aliphatic heterocycles. The van der Waals surface area contributed by atoms with Gasteiger partial charge in [-0.2, -0.15) is 0 Å². The van der Waals surface area contributed by atoms with Gasteiger partial charge in [-0.1, -0.05) is 62.4 Å². The lowest BCUT2D eigenvalue weighted by Gasteiger charge is -2.23. The highest BCUT2D eigenvalue weighted by molar-refractivity contribution is 5.89. The summed E-state index contributed by atoms with van der Waals surface area (Å²) in [6.07, 6.45) is -0.0865. The molecule has 0 fully saturated rings. The van der Waals surface area contributed by atoms with Gasteiger partial charge in [-0.25, -0.2) is 9.59 Å². The van der Waals surface area contributed by atoms with Crippen LogP contribution in [0, 0.1) is 5.92 Å². The van der Waals surface area contributed by atoms with Crippen molar-refractivity contribution in [1.82, 2.24) is 15.5 Å². The number of rotatable bonds is 11. The summed E-state index contributed by atoms with van der Waals surface area (Å²) in [7, 11) is 3.67. The number of carboxylic acids is 1. The molecule has 35 heavy (non-hydrogen) atoms. The van der Waals surface area contributed by atoms with Gasteiger partial charge in [-0.15, -0.1) is 0 Å². The lowest BCUT2D eigenvalue weighted by Crippen LogP contribution is -2.52. The van der Waals surface area contributed by atoms with Crippen LogP contribution >= 0.6 is 0 Å². The minimum absolute atomic E-state index is 0.0899. The average molecular weight is 482 g/mol. The highest BCUT2D eigenvalue weighted by Gasteiger charge is 2.31. The number of carboxylic acid groups (broad SMARTS) is 1. The van der Waals surface area contributed by atoms with Gasteiger partial charge in [0.15, 0.2) is 0 Å². The number of nitrogens with zero attached hydrogens (tertiary/aromatic N) is 1. The molecule has 0 aromatic heterocycles. The summed E-state index contributed by atoms with van der Waals surface area (Å²) in [5, 5.41) is 14.7. The standard InChI is InChI=1S/C27H35N3O5/c1-17(2)15-24(25(31)28-23(26(32)33)13-14-30(3)4)29-27(34)35-16-22-20-11-7-5-9-18(20)19-10-6-8-12-21(19)22/h5-12,17,22-24H,13-16H2,1-4H3,(H,28,31)(H,29,34)(H,32,33). The van der Waals surface area contributed by atoms with Crippen LogP contribution in [0.5, 0.6) is 0 Å². The fraction of sp³-hybridized carbons (Fsp3) is 0.444. The molecule has 3 N–H and O–H groups in total. The third-order valence-corrected chi connectivity index (χ3v) is 6.14. The molecule has 0 saturated heterocycles. The third-order valence-electron chi connectivity index (χ3n) is 6.14. The molecule has 2 aromatic carbocycles. The molecular weight excluding hydrogens is 446 g/mol. The van der Waals surface area contributed by atoms with Crippen molar-refractivity contribution in [3.8, 4) is 11.1 Å². The molecule has 0 heterocycles. The van der Waals surface area contributed by atoms with Gasteiger partial charge in [0.25, 0.3) is 0 Å². The van der Waals surface area contributed by atoms with Crippen molar-refractivity contribution < 1.29 is 24.2 Å². The monoisotopic (exact) mass is 481 g/mol. The average Bonchev–Trinajstić information content (AvgIpc) is 3.13. The van der Waals surface area contributed by atoms with E-state index in [2.05, 4.69) is 22.8 Å². The van der Waals surface area contributed by atoms with E-state index in [1.54, 1.807) is 0 Å². The number of amides is 2. The van der Waals surface area contributed by atoms with E-state index in [0.717, 1.165) is 22.3 Å². The Labute approximate surface area is 206 Å². The molecule has 0 radical (unpaired) electrons. The highest BCUT2D eigenvalue weighted by atomic mass is 16.5. The summed E-state index contributed by atoms with van der Waals surface area (Å²) in [5.41, 5.74) is 4.46. The summed E-state index contributed by atoms with van der Waals surface area (Å²) in [5.74, 6) is -1.62. The Bertz CT molecular complexity index is 1010. The first-order valence-corrected chi connectivity index (χ1v) is 12.0. The number of ether oxygens (including phenoxy) is 1. The quantitative estimate of drug-likeness (QED) is 0.454. The number of hydrogen-bond donors (Lipinski definition) is 3. The van der Waals surface area contributed by atoms with Gasteiger partial charge in [0.2, 0.25) is 5.91 Å². The fourth-order valence-electron chi connectivity index (χ4n) is 4.40. The summed E-state index contributed by atoms with van der Waals surface area (Å²) >= 11 is 0. The first-order valence-electron chi connectivity index (χ1n) is 12.0.